The van der Waals surface area contributed by atoms with Crippen molar-refractivity contribution in [2.24, 2.45) is 11.7 Å². The van der Waals surface area contributed by atoms with Crippen molar-refractivity contribution >= 4 is 11.6 Å². The molecule has 1 aromatic heterocycles. The number of piperidine rings is 1. The van der Waals surface area contributed by atoms with Crippen LogP contribution in [0.15, 0.2) is 12.3 Å². The summed E-state index contributed by atoms with van der Waals surface area (Å²) in [5.74, 6) is 0.706. The topological polar surface area (TPSA) is 80.5 Å². The SMILES string of the molecule is COc1ncc(NC2CCN(CC3CC3)CC2)cc1C(N)=O. The van der Waals surface area contributed by atoms with E-state index in [2.05, 4.69) is 15.2 Å². The van der Waals surface area contributed by atoms with Gasteiger partial charge in [-0.1, -0.05) is 0 Å². The lowest BCUT2D eigenvalue weighted by molar-refractivity contribution is 0.0996. The maximum Gasteiger partial charge on any atom is 0.254 e. The first kappa shape index (κ1) is 15.1. The van der Waals surface area contributed by atoms with E-state index in [0.29, 0.717) is 11.6 Å². The van der Waals surface area contributed by atoms with Gasteiger partial charge in [-0.3, -0.25) is 4.79 Å². The molecule has 1 amide bonds. The average Bonchev–Trinajstić information content (AvgIpc) is 3.33. The standard InChI is InChI=1S/C16H24N4O2/c1-22-16-14(15(17)21)8-13(9-18-16)19-12-4-6-20(7-5-12)10-11-2-3-11/h8-9,11-12,19H,2-7,10H2,1H3,(H2,17,21). The number of nitrogens with one attached hydrogen (secondary N) is 1. The maximum absolute atomic E-state index is 11.4. The second kappa shape index (κ2) is 6.52. The number of nitrogens with two attached hydrogens (primary N) is 1. The Hall–Kier alpha value is -1.82. The largest absolute Gasteiger partial charge is 0.480 e. The van der Waals surface area contributed by atoms with E-state index in [1.807, 2.05) is 0 Å². The van der Waals surface area contributed by atoms with Gasteiger partial charge in [-0.25, -0.2) is 4.98 Å². The van der Waals surface area contributed by atoms with Crippen LogP contribution in [-0.2, 0) is 0 Å². The molecule has 22 heavy (non-hydrogen) atoms. The Labute approximate surface area is 131 Å². The molecule has 0 bridgehead atoms. The number of rotatable bonds is 6. The molecule has 6 heteroatoms. The second-order valence-electron chi connectivity index (χ2n) is 6.31. The molecule has 0 radical (unpaired) electrons. The number of amides is 1. The molecule has 0 aromatic carbocycles. The minimum absolute atomic E-state index is 0.275. The van der Waals surface area contributed by atoms with Crippen LogP contribution >= 0.6 is 0 Å². The van der Waals surface area contributed by atoms with Crippen LogP contribution in [0, 0.1) is 5.92 Å². The number of carbonyl (C=O) groups is 1. The minimum atomic E-state index is -0.521. The molecule has 1 aliphatic heterocycles. The molecular formula is C16H24N4O2. The van der Waals surface area contributed by atoms with E-state index in [9.17, 15) is 4.79 Å². The first-order valence-electron chi connectivity index (χ1n) is 7.98. The Balaban J connectivity index is 1.56. The van der Waals surface area contributed by atoms with Gasteiger partial charge in [0, 0.05) is 25.7 Å². The number of aromatic nitrogens is 1. The number of pyridine rings is 1. The average molecular weight is 304 g/mol. The third kappa shape index (κ3) is 3.68. The zero-order chi connectivity index (χ0) is 15.5. The zero-order valence-corrected chi connectivity index (χ0v) is 13.0. The Morgan fingerprint density at radius 2 is 2.14 bits per heavy atom. The van der Waals surface area contributed by atoms with Crippen molar-refractivity contribution in [1.82, 2.24) is 9.88 Å². The van der Waals surface area contributed by atoms with E-state index in [-0.39, 0.29) is 5.88 Å². The van der Waals surface area contributed by atoms with Crippen LogP contribution in [0.3, 0.4) is 0 Å². The van der Waals surface area contributed by atoms with Crippen molar-refractivity contribution in [3.05, 3.63) is 17.8 Å². The monoisotopic (exact) mass is 304 g/mol. The Bertz CT molecular complexity index is 537. The summed E-state index contributed by atoms with van der Waals surface area (Å²) in [5, 5.41) is 3.46. The molecule has 1 saturated carbocycles. The third-order valence-corrected chi connectivity index (χ3v) is 4.48. The lowest BCUT2D eigenvalue weighted by Crippen LogP contribution is -2.40. The smallest absolute Gasteiger partial charge is 0.254 e. The molecule has 6 nitrogen and oxygen atoms in total. The fourth-order valence-electron chi connectivity index (χ4n) is 3.03. The lowest BCUT2D eigenvalue weighted by Gasteiger charge is -2.32. The first-order valence-corrected chi connectivity index (χ1v) is 7.98. The summed E-state index contributed by atoms with van der Waals surface area (Å²) in [6, 6.07) is 2.15. The molecule has 1 aromatic rings. The molecule has 2 heterocycles. The van der Waals surface area contributed by atoms with Crippen LogP contribution in [-0.4, -0.2) is 48.6 Å². The molecule has 3 rings (SSSR count). The summed E-state index contributed by atoms with van der Waals surface area (Å²) in [6.45, 7) is 3.55. The molecule has 120 valence electrons. The van der Waals surface area contributed by atoms with E-state index < -0.39 is 5.91 Å². The van der Waals surface area contributed by atoms with Gasteiger partial charge in [-0.15, -0.1) is 0 Å². The van der Waals surface area contributed by atoms with Gasteiger partial charge in [-0.05, 0) is 37.7 Å². The highest BCUT2D eigenvalue weighted by molar-refractivity contribution is 5.95. The summed E-state index contributed by atoms with van der Waals surface area (Å²) >= 11 is 0. The van der Waals surface area contributed by atoms with Gasteiger partial charge in [0.05, 0.1) is 19.0 Å². The predicted octanol–water partition coefficient (Wildman–Crippen LogP) is 1.48. The Kier molecular flexibility index (Phi) is 4.47. The van der Waals surface area contributed by atoms with E-state index in [0.717, 1.165) is 37.5 Å². The number of hydrogen-bond acceptors (Lipinski definition) is 5. The van der Waals surface area contributed by atoms with Crippen molar-refractivity contribution in [3.8, 4) is 5.88 Å². The highest BCUT2D eigenvalue weighted by Gasteiger charge is 2.27. The maximum atomic E-state index is 11.4. The number of ether oxygens (including phenoxy) is 1. The van der Waals surface area contributed by atoms with E-state index in [1.54, 1.807) is 12.3 Å². The van der Waals surface area contributed by atoms with Crippen LogP contribution in [0.5, 0.6) is 5.88 Å². The Morgan fingerprint density at radius 1 is 1.41 bits per heavy atom. The van der Waals surface area contributed by atoms with Crippen molar-refractivity contribution in [2.45, 2.75) is 31.7 Å². The van der Waals surface area contributed by atoms with Crippen molar-refractivity contribution in [2.75, 3.05) is 32.1 Å². The zero-order valence-electron chi connectivity index (χ0n) is 13.0. The summed E-state index contributed by atoms with van der Waals surface area (Å²) in [5.41, 5.74) is 6.52. The van der Waals surface area contributed by atoms with Gasteiger partial charge in [0.25, 0.3) is 5.91 Å². The molecule has 0 spiro atoms. The molecule has 1 aliphatic carbocycles. The first-order chi connectivity index (χ1) is 10.7. The molecule has 3 N–H and O–H groups in total. The van der Waals surface area contributed by atoms with Gasteiger partial charge >= 0.3 is 0 Å². The second-order valence-corrected chi connectivity index (χ2v) is 6.31. The van der Waals surface area contributed by atoms with E-state index in [4.69, 9.17) is 10.5 Å². The van der Waals surface area contributed by atoms with Crippen molar-refractivity contribution < 1.29 is 9.53 Å². The van der Waals surface area contributed by atoms with Gasteiger partial charge in [-0.2, -0.15) is 0 Å². The number of anilines is 1. The van der Waals surface area contributed by atoms with E-state index in [1.165, 1.54) is 26.5 Å². The molecule has 0 unspecified atom stereocenters. The predicted molar refractivity (Wildman–Crippen MR) is 85.1 cm³/mol. The van der Waals surface area contributed by atoms with Crippen molar-refractivity contribution in [1.29, 1.82) is 0 Å². The normalized spacial score (nSPS) is 19.9. The fourth-order valence-corrected chi connectivity index (χ4v) is 3.03. The minimum Gasteiger partial charge on any atom is -0.480 e. The lowest BCUT2D eigenvalue weighted by atomic mass is 10.0. The van der Waals surface area contributed by atoms with Gasteiger partial charge in [0.1, 0.15) is 5.56 Å². The Morgan fingerprint density at radius 3 is 2.73 bits per heavy atom. The number of carbonyl (C=O) groups excluding carboxylic acids is 1. The van der Waals surface area contributed by atoms with Crippen LogP contribution in [0.4, 0.5) is 5.69 Å². The van der Waals surface area contributed by atoms with Gasteiger partial charge in [0.2, 0.25) is 5.88 Å². The number of primary amides is 1. The van der Waals surface area contributed by atoms with Gasteiger partial charge in [0.15, 0.2) is 0 Å². The number of hydrogen-bond donors (Lipinski definition) is 2. The highest BCUT2D eigenvalue weighted by atomic mass is 16.5. The van der Waals surface area contributed by atoms with E-state index >= 15 is 0 Å². The van der Waals surface area contributed by atoms with Crippen LogP contribution in [0.2, 0.25) is 0 Å². The number of methoxy groups -OCH3 is 1. The summed E-state index contributed by atoms with van der Waals surface area (Å²) in [4.78, 5) is 18.2. The highest BCUT2D eigenvalue weighted by Crippen LogP contribution is 2.30. The summed E-state index contributed by atoms with van der Waals surface area (Å²) in [7, 11) is 1.48. The molecule has 1 saturated heterocycles. The van der Waals surface area contributed by atoms with Crippen LogP contribution in [0.25, 0.3) is 0 Å². The molecule has 2 fully saturated rings. The molecule has 2 aliphatic rings. The summed E-state index contributed by atoms with van der Waals surface area (Å²) < 4.78 is 5.06. The third-order valence-electron chi connectivity index (χ3n) is 4.48. The van der Waals surface area contributed by atoms with Crippen LogP contribution in [0.1, 0.15) is 36.0 Å². The number of nitrogens with zero attached hydrogens (tertiary/aromatic N) is 2. The number of likely N-dealkylation sites (tertiary alicyclic amines) is 1. The van der Waals surface area contributed by atoms with Crippen LogP contribution < -0.4 is 15.8 Å². The quantitative estimate of drug-likeness (QED) is 0.832. The summed E-state index contributed by atoms with van der Waals surface area (Å²) in [6.07, 6.45) is 6.74. The van der Waals surface area contributed by atoms with Crippen molar-refractivity contribution in [3.63, 3.8) is 0 Å². The fraction of sp³-hybridized carbons (Fsp3) is 0.625. The molecular weight excluding hydrogens is 280 g/mol. The van der Waals surface area contributed by atoms with Gasteiger partial charge < -0.3 is 20.7 Å². The molecule has 0 atom stereocenters.